The number of H-pyrrole nitrogens is 2. The van der Waals surface area contributed by atoms with E-state index in [1.165, 1.54) is 6.07 Å². The third kappa shape index (κ3) is 2.67. The topological polar surface area (TPSA) is 108 Å². The molecule has 0 amide bonds. The molecule has 0 aliphatic carbocycles. The van der Waals surface area contributed by atoms with Gasteiger partial charge in [-0.05, 0) is 25.1 Å². The number of anilines is 1. The second kappa shape index (κ2) is 4.86. The Morgan fingerprint density at radius 1 is 1.29 bits per heavy atom. The van der Waals surface area contributed by atoms with Crippen molar-refractivity contribution in [2.75, 3.05) is 4.72 Å². The maximum Gasteiger partial charge on any atom is 0.323 e. The number of nitrogens with one attached hydrogen (secondary N) is 3. The van der Waals surface area contributed by atoms with E-state index in [-0.39, 0.29) is 14.4 Å². The van der Waals surface area contributed by atoms with Crippen LogP contribution in [-0.2, 0) is 10.0 Å². The van der Waals surface area contributed by atoms with Crippen LogP contribution in [-0.4, -0.2) is 23.4 Å². The van der Waals surface area contributed by atoms with Crippen molar-refractivity contribution in [2.45, 2.75) is 11.1 Å². The number of benzene rings is 1. The number of nitrogens with zero attached hydrogens (tertiary/aromatic N) is 1. The molecular weight excluding hydrogens is 336 g/mol. The van der Waals surface area contributed by atoms with Crippen molar-refractivity contribution in [3.63, 3.8) is 0 Å². The molecule has 10 heteroatoms. The van der Waals surface area contributed by atoms with Gasteiger partial charge >= 0.3 is 5.69 Å². The first-order valence-electron chi connectivity index (χ1n) is 5.73. The molecule has 0 bridgehead atoms. The summed E-state index contributed by atoms with van der Waals surface area (Å²) in [7, 11) is -3.77. The predicted octanol–water partition coefficient (Wildman–Crippen LogP) is 2.08. The molecule has 0 radical (unpaired) electrons. The second-order valence-electron chi connectivity index (χ2n) is 4.28. The van der Waals surface area contributed by atoms with Gasteiger partial charge in [-0.25, -0.2) is 18.2 Å². The molecule has 0 saturated carbocycles. The molecule has 0 atom stereocenters. The van der Waals surface area contributed by atoms with E-state index in [0.29, 0.717) is 22.4 Å². The number of rotatable bonds is 3. The lowest BCUT2D eigenvalue weighted by Gasteiger charge is -2.06. The van der Waals surface area contributed by atoms with Gasteiger partial charge in [0, 0.05) is 0 Å². The van der Waals surface area contributed by atoms with Gasteiger partial charge in [-0.2, -0.15) is 0 Å². The van der Waals surface area contributed by atoms with E-state index in [4.69, 9.17) is 11.6 Å². The van der Waals surface area contributed by atoms with Gasteiger partial charge in [-0.1, -0.05) is 22.9 Å². The largest absolute Gasteiger partial charge is 0.323 e. The molecule has 3 rings (SSSR count). The van der Waals surface area contributed by atoms with Crippen molar-refractivity contribution in [1.29, 1.82) is 0 Å². The van der Waals surface area contributed by atoms with Crippen LogP contribution in [0.2, 0.25) is 4.47 Å². The van der Waals surface area contributed by atoms with E-state index >= 15 is 0 Å². The van der Waals surface area contributed by atoms with E-state index in [1.807, 2.05) is 0 Å². The molecule has 2 aromatic heterocycles. The van der Waals surface area contributed by atoms with Crippen molar-refractivity contribution < 1.29 is 8.42 Å². The number of imidazole rings is 1. The Morgan fingerprint density at radius 2 is 2.00 bits per heavy atom. The highest BCUT2D eigenvalue weighted by molar-refractivity contribution is 7.94. The lowest BCUT2D eigenvalue weighted by molar-refractivity contribution is 0.602. The van der Waals surface area contributed by atoms with E-state index < -0.39 is 10.0 Å². The van der Waals surface area contributed by atoms with Crippen LogP contribution >= 0.6 is 22.9 Å². The summed E-state index contributed by atoms with van der Waals surface area (Å²) in [4.78, 5) is 20.2. The summed E-state index contributed by atoms with van der Waals surface area (Å²) in [5.74, 6) is 0. The summed E-state index contributed by atoms with van der Waals surface area (Å²) < 4.78 is 27.3. The molecule has 7 nitrogen and oxygen atoms in total. The molecule has 0 aliphatic heterocycles. The van der Waals surface area contributed by atoms with Crippen molar-refractivity contribution >= 4 is 49.7 Å². The van der Waals surface area contributed by atoms with Crippen molar-refractivity contribution in [1.82, 2.24) is 15.0 Å². The lowest BCUT2D eigenvalue weighted by Crippen LogP contribution is -2.12. The molecule has 0 spiro atoms. The Hall–Kier alpha value is -1.84. The van der Waals surface area contributed by atoms with Crippen LogP contribution in [0, 0.1) is 6.92 Å². The zero-order valence-electron chi connectivity index (χ0n) is 10.6. The summed E-state index contributed by atoms with van der Waals surface area (Å²) in [5, 5.41) is 0. The van der Waals surface area contributed by atoms with Crippen LogP contribution in [0.5, 0.6) is 0 Å². The van der Waals surface area contributed by atoms with Crippen LogP contribution in [0.3, 0.4) is 0 Å². The van der Waals surface area contributed by atoms with Gasteiger partial charge in [-0.3, -0.25) is 4.72 Å². The highest BCUT2D eigenvalue weighted by atomic mass is 35.5. The normalized spacial score (nSPS) is 11.9. The lowest BCUT2D eigenvalue weighted by atomic mass is 10.3. The highest BCUT2D eigenvalue weighted by Crippen LogP contribution is 2.28. The molecule has 2 heterocycles. The second-order valence-corrected chi connectivity index (χ2v) is 7.74. The standard InChI is InChI=1S/C11H9ClN4O3S2/c1-5-9(20-10(12)13-5)21(18,19)16-6-2-3-7-8(4-6)15-11(17)14-7/h2-4,16H,1H3,(H2,14,15,17). The van der Waals surface area contributed by atoms with Gasteiger partial charge in [0.05, 0.1) is 22.4 Å². The number of aryl methyl sites for hydroxylation is 1. The van der Waals surface area contributed by atoms with E-state index in [9.17, 15) is 13.2 Å². The van der Waals surface area contributed by atoms with Crippen LogP contribution in [0.4, 0.5) is 5.69 Å². The first-order valence-corrected chi connectivity index (χ1v) is 8.41. The number of thiazole rings is 1. The van der Waals surface area contributed by atoms with Gasteiger partial charge in [0.2, 0.25) is 0 Å². The minimum Gasteiger partial charge on any atom is -0.306 e. The number of fused-ring (bicyclic) bond motifs is 1. The Balaban J connectivity index is 2.00. The monoisotopic (exact) mass is 344 g/mol. The Bertz CT molecular complexity index is 986. The molecule has 3 aromatic rings. The molecule has 1 aromatic carbocycles. The zero-order chi connectivity index (χ0) is 15.2. The maximum atomic E-state index is 12.3. The Kier molecular flexibility index (Phi) is 3.27. The molecule has 110 valence electrons. The number of aromatic nitrogens is 3. The average Bonchev–Trinajstić information content (AvgIpc) is 2.90. The van der Waals surface area contributed by atoms with Gasteiger partial charge < -0.3 is 9.97 Å². The smallest absolute Gasteiger partial charge is 0.306 e. The molecule has 0 unspecified atom stereocenters. The number of halogens is 1. The fourth-order valence-corrected chi connectivity index (χ4v) is 4.69. The summed E-state index contributed by atoms with van der Waals surface area (Å²) in [6.07, 6.45) is 0. The predicted molar refractivity (Wildman–Crippen MR) is 81.6 cm³/mol. The van der Waals surface area contributed by atoms with Crippen molar-refractivity contribution in [3.05, 3.63) is 38.8 Å². The summed E-state index contributed by atoms with van der Waals surface area (Å²) in [5.41, 5.74) is 1.43. The van der Waals surface area contributed by atoms with Gasteiger partial charge in [0.15, 0.2) is 8.68 Å². The van der Waals surface area contributed by atoms with Crippen molar-refractivity contribution in [3.8, 4) is 0 Å². The van der Waals surface area contributed by atoms with Gasteiger partial charge in [-0.15, -0.1) is 0 Å². The van der Waals surface area contributed by atoms with Crippen LogP contribution in [0.25, 0.3) is 11.0 Å². The SMILES string of the molecule is Cc1nc(Cl)sc1S(=O)(=O)Nc1ccc2[nH]c(=O)[nH]c2c1. The molecule has 21 heavy (non-hydrogen) atoms. The Morgan fingerprint density at radius 3 is 2.67 bits per heavy atom. The first kappa shape index (κ1) is 14.1. The third-order valence-electron chi connectivity index (χ3n) is 2.74. The quantitative estimate of drug-likeness (QED) is 0.676. The summed E-state index contributed by atoms with van der Waals surface area (Å²) in [6.45, 7) is 1.57. The first-order chi connectivity index (χ1) is 9.85. The Labute approximate surface area is 128 Å². The number of aromatic amines is 2. The fraction of sp³-hybridized carbons (Fsp3) is 0.0909. The van der Waals surface area contributed by atoms with Crippen LogP contribution in [0.15, 0.2) is 27.2 Å². The van der Waals surface area contributed by atoms with Crippen LogP contribution in [0.1, 0.15) is 5.69 Å². The van der Waals surface area contributed by atoms with Gasteiger partial charge in [0.25, 0.3) is 10.0 Å². The van der Waals surface area contributed by atoms with Crippen molar-refractivity contribution in [2.24, 2.45) is 0 Å². The molecule has 0 fully saturated rings. The number of hydrogen-bond donors (Lipinski definition) is 3. The summed E-state index contributed by atoms with van der Waals surface area (Å²) in [6, 6.07) is 4.70. The average molecular weight is 345 g/mol. The highest BCUT2D eigenvalue weighted by Gasteiger charge is 2.21. The fourth-order valence-electron chi connectivity index (χ4n) is 1.90. The van der Waals surface area contributed by atoms with Gasteiger partial charge in [0.1, 0.15) is 0 Å². The van der Waals surface area contributed by atoms with E-state index in [0.717, 1.165) is 11.3 Å². The summed E-state index contributed by atoms with van der Waals surface area (Å²) >= 11 is 6.62. The number of hydrogen-bond acceptors (Lipinski definition) is 5. The third-order valence-corrected chi connectivity index (χ3v) is 5.99. The molecular formula is C11H9ClN4O3S2. The maximum absolute atomic E-state index is 12.3. The molecule has 3 N–H and O–H groups in total. The number of sulfonamides is 1. The van der Waals surface area contributed by atoms with E-state index in [1.54, 1.807) is 19.1 Å². The van der Waals surface area contributed by atoms with Crippen LogP contribution < -0.4 is 10.4 Å². The van der Waals surface area contributed by atoms with E-state index in [2.05, 4.69) is 19.7 Å². The minimum absolute atomic E-state index is 0.0650. The zero-order valence-corrected chi connectivity index (χ0v) is 13.0. The minimum atomic E-state index is -3.77. The molecule has 0 saturated heterocycles. The molecule has 0 aliphatic rings.